The highest BCUT2D eigenvalue weighted by Gasteiger charge is 2.08. The second-order valence-corrected chi connectivity index (χ2v) is 6.43. The average Bonchev–Trinajstić information content (AvgIpc) is 2.69. The molecule has 0 saturated heterocycles. The van der Waals surface area contributed by atoms with Gasteiger partial charge in [0.25, 0.3) is 0 Å². The lowest BCUT2D eigenvalue weighted by Gasteiger charge is -2.07. The van der Waals surface area contributed by atoms with Crippen molar-refractivity contribution in [2.75, 3.05) is 10.6 Å². The van der Waals surface area contributed by atoms with E-state index in [0.717, 1.165) is 3.79 Å². The summed E-state index contributed by atoms with van der Waals surface area (Å²) in [6.07, 6.45) is 1.60. The zero-order valence-corrected chi connectivity index (χ0v) is 12.6. The first-order valence-electron chi connectivity index (χ1n) is 4.69. The summed E-state index contributed by atoms with van der Waals surface area (Å²) in [4.78, 5) is 15.7. The van der Waals surface area contributed by atoms with Crippen molar-refractivity contribution in [1.29, 1.82) is 0 Å². The molecule has 1 aromatic heterocycles. The third-order valence-electron chi connectivity index (χ3n) is 1.87. The van der Waals surface area contributed by atoms with Crippen LogP contribution in [0.1, 0.15) is 0 Å². The summed E-state index contributed by atoms with van der Waals surface area (Å²) < 4.78 is 0.832. The fourth-order valence-electron chi connectivity index (χ4n) is 1.16. The molecule has 0 aliphatic heterocycles. The van der Waals surface area contributed by atoms with E-state index in [2.05, 4.69) is 31.5 Å². The molecule has 1 heterocycles. The molecule has 0 atom stereocenters. The standard InChI is InChI=1S/C10H6BrCl2N3OS/c11-8-4-14-10(18-8)16-9(17)15-7-3-5(12)1-2-6(7)13/h1-4H,(H2,14,15,16,17). The lowest BCUT2D eigenvalue weighted by molar-refractivity contribution is 0.262. The molecule has 0 aliphatic carbocycles. The van der Waals surface area contributed by atoms with Crippen LogP contribution >= 0.6 is 50.5 Å². The zero-order valence-electron chi connectivity index (χ0n) is 8.71. The van der Waals surface area contributed by atoms with Crippen molar-refractivity contribution >= 4 is 67.3 Å². The van der Waals surface area contributed by atoms with E-state index in [0.29, 0.717) is 20.9 Å². The number of carbonyl (C=O) groups excluding carboxylic acids is 1. The molecule has 18 heavy (non-hydrogen) atoms. The van der Waals surface area contributed by atoms with E-state index < -0.39 is 6.03 Å². The predicted octanol–water partition coefficient (Wildman–Crippen LogP) is 4.86. The maximum absolute atomic E-state index is 11.7. The van der Waals surface area contributed by atoms with Crippen LogP contribution in [0.2, 0.25) is 10.0 Å². The molecule has 4 nitrogen and oxygen atoms in total. The van der Waals surface area contributed by atoms with Crippen molar-refractivity contribution in [3.8, 4) is 0 Å². The Hall–Kier alpha value is -0.820. The number of halogens is 3. The number of aromatic nitrogens is 1. The number of nitrogens with zero attached hydrogens (tertiary/aromatic N) is 1. The third-order valence-corrected chi connectivity index (χ3v) is 3.83. The van der Waals surface area contributed by atoms with E-state index in [1.807, 2.05) is 0 Å². The van der Waals surface area contributed by atoms with Crippen LogP contribution in [0.25, 0.3) is 0 Å². The Morgan fingerprint density at radius 1 is 1.33 bits per heavy atom. The Morgan fingerprint density at radius 2 is 2.11 bits per heavy atom. The number of anilines is 2. The number of thiazole rings is 1. The molecule has 2 aromatic rings. The molecule has 0 unspecified atom stereocenters. The van der Waals surface area contributed by atoms with Crippen molar-refractivity contribution in [2.24, 2.45) is 0 Å². The number of nitrogens with one attached hydrogen (secondary N) is 2. The largest absolute Gasteiger partial charge is 0.325 e. The number of amides is 2. The lowest BCUT2D eigenvalue weighted by atomic mass is 10.3. The van der Waals surface area contributed by atoms with Crippen LogP contribution in [0.3, 0.4) is 0 Å². The Kier molecular flexibility index (Phi) is 4.45. The van der Waals surface area contributed by atoms with Crippen molar-refractivity contribution in [2.45, 2.75) is 0 Å². The average molecular weight is 367 g/mol. The SMILES string of the molecule is O=C(Nc1ncc(Br)s1)Nc1cc(Cl)ccc1Cl. The topological polar surface area (TPSA) is 54.0 Å². The minimum Gasteiger partial charge on any atom is -0.306 e. The molecule has 0 bridgehead atoms. The summed E-state index contributed by atoms with van der Waals surface area (Å²) in [5, 5.41) is 6.57. The van der Waals surface area contributed by atoms with Crippen LogP contribution in [0.5, 0.6) is 0 Å². The van der Waals surface area contributed by atoms with Crippen molar-refractivity contribution in [1.82, 2.24) is 4.98 Å². The highest BCUT2D eigenvalue weighted by molar-refractivity contribution is 9.11. The predicted molar refractivity (Wildman–Crippen MR) is 78.9 cm³/mol. The van der Waals surface area contributed by atoms with E-state index in [-0.39, 0.29) is 0 Å². The lowest BCUT2D eigenvalue weighted by Crippen LogP contribution is -2.19. The molecule has 0 saturated carbocycles. The fraction of sp³-hybridized carbons (Fsp3) is 0. The first kappa shape index (κ1) is 13.6. The van der Waals surface area contributed by atoms with Crippen LogP contribution in [0.15, 0.2) is 28.2 Å². The third kappa shape index (κ3) is 3.58. The van der Waals surface area contributed by atoms with Gasteiger partial charge in [0, 0.05) is 5.02 Å². The highest BCUT2D eigenvalue weighted by Crippen LogP contribution is 2.26. The van der Waals surface area contributed by atoms with Gasteiger partial charge in [0.2, 0.25) is 0 Å². The minimum absolute atomic E-state index is 0.412. The fourth-order valence-corrected chi connectivity index (χ4v) is 2.59. The molecular formula is C10H6BrCl2N3OS. The summed E-state index contributed by atoms with van der Waals surface area (Å²) in [6.45, 7) is 0. The van der Waals surface area contributed by atoms with Gasteiger partial charge in [-0.15, -0.1) is 0 Å². The molecule has 2 amide bonds. The number of carbonyl (C=O) groups is 1. The van der Waals surface area contributed by atoms with E-state index in [1.165, 1.54) is 11.3 Å². The van der Waals surface area contributed by atoms with Gasteiger partial charge < -0.3 is 5.32 Å². The highest BCUT2D eigenvalue weighted by atomic mass is 79.9. The molecule has 0 fully saturated rings. The zero-order chi connectivity index (χ0) is 13.1. The second kappa shape index (κ2) is 5.88. The Labute approximate surface area is 125 Å². The van der Waals surface area contributed by atoms with Gasteiger partial charge in [-0.25, -0.2) is 9.78 Å². The van der Waals surface area contributed by atoms with Gasteiger partial charge in [0.15, 0.2) is 5.13 Å². The Morgan fingerprint density at radius 3 is 2.78 bits per heavy atom. The normalized spacial score (nSPS) is 10.2. The van der Waals surface area contributed by atoms with Crippen molar-refractivity contribution < 1.29 is 4.79 Å². The quantitative estimate of drug-likeness (QED) is 0.797. The summed E-state index contributed by atoms with van der Waals surface area (Å²) in [5.41, 5.74) is 0.442. The van der Waals surface area contributed by atoms with E-state index in [4.69, 9.17) is 23.2 Å². The van der Waals surface area contributed by atoms with Crippen molar-refractivity contribution in [3.63, 3.8) is 0 Å². The van der Waals surface area contributed by atoms with E-state index in [9.17, 15) is 4.79 Å². The molecule has 2 rings (SSSR count). The first-order chi connectivity index (χ1) is 8.54. The van der Waals surface area contributed by atoms with Crippen LogP contribution in [0, 0.1) is 0 Å². The summed E-state index contributed by atoms with van der Waals surface area (Å²) >= 11 is 16.3. The van der Waals surface area contributed by atoms with Gasteiger partial charge in [-0.3, -0.25) is 5.32 Å². The van der Waals surface area contributed by atoms with Crippen LogP contribution in [-0.4, -0.2) is 11.0 Å². The first-order valence-corrected chi connectivity index (χ1v) is 7.05. The Balaban J connectivity index is 2.05. The van der Waals surface area contributed by atoms with Crippen LogP contribution < -0.4 is 10.6 Å². The van der Waals surface area contributed by atoms with Gasteiger partial charge in [-0.2, -0.15) is 0 Å². The summed E-state index contributed by atoms with van der Waals surface area (Å²) in [5.74, 6) is 0. The summed E-state index contributed by atoms with van der Waals surface area (Å²) in [6, 6.07) is 4.40. The maximum atomic E-state index is 11.7. The molecular weight excluding hydrogens is 361 g/mol. The van der Waals surface area contributed by atoms with Gasteiger partial charge >= 0.3 is 6.03 Å². The van der Waals surface area contributed by atoms with E-state index in [1.54, 1.807) is 24.4 Å². The molecule has 0 aliphatic rings. The number of rotatable bonds is 2. The van der Waals surface area contributed by atoms with Gasteiger partial charge in [-0.05, 0) is 34.1 Å². The molecule has 0 radical (unpaired) electrons. The number of hydrogen-bond acceptors (Lipinski definition) is 3. The van der Waals surface area contributed by atoms with Crippen LogP contribution in [0.4, 0.5) is 15.6 Å². The minimum atomic E-state index is -0.430. The molecule has 94 valence electrons. The van der Waals surface area contributed by atoms with Crippen molar-refractivity contribution in [3.05, 3.63) is 38.2 Å². The van der Waals surface area contributed by atoms with Gasteiger partial charge in [-0.1, -0.05) is 34.5 Å². The second-order valence-electron chi connectivity index (χ2n) is 3.17. The number of hydrogen-bond donors (Lipinski definition) is 2. The number of urea groups is 1. The number of benzene rings is 1. The van der Waals surface area contributed by atoms with Crippen LogP contribution in [-0.2, 0) is 0 Å². The maximum Gasteiger partial charge on any atom is 0.325 e. The Bertz CT molecular complexity index is 590. The smallest absolute Gasteiger partial charge is 0.306 e. The molecule has 0 spiro atoms. The molecule has 1 aromatic carbocycles. The molecule has 8 heteroatoms. The van der Waals surface area contributed by atoms with Gasteiger partial charge in [0.1, 0.15) is 0 Å². The summed E-state index contributed by atoms with van der Waals surface area (Å²) in [7, 11) is 0. The monoisotopic (exact) mass is 365 g/mol. The van der Waals surface area contributed by atoms with E-state index >= 15 is 0 Å². The molecule has 2 N–H and O–H groups in total. The van der Waals surface area contributed by atoms with Gasteiger partial charge in [0.05, 0.1) is 20.7 Å².